The molecule has 0 unspecified atom stereocenters. The molecule has 0 fully saturated rings. The van der Waals surface area contributed by atoms with Crippen LogP contribution in [-0.4, -0.2) is 21.3 Å². The number of nitrogens with zero attached hydrogens (tertiary/aromatic N) is 2. The normalized spacial score (nSPS) is 10.1. The van der Waals surface area contributed by atoms with Gasteiger partial charge >= 0.3 is 5.97 Å². The molecule has 0 radical (unpaired) electrons. The second-order valence-corrected chi connectivity index (χ2v) is 4.04. The zero-order valence-electron chi connectivity index (χ0n) is 8.47. The lowest BCUT2D eigenvalue weighted by molar-refractivity contribution is 0.0696. The molecule has 6 heteroatoms. The lowest BCUT2D eigenvalue weighted by Crippen LogP contribution is -2.00. The van der Waals surface area contributed by atoms with E-state index in [1.54, 1.807) is 30.6 Å². The number of hydrogen-bond acceptors (Lipinski definition) is 5. The summed E-state index contributed by atoms with van der Waals surface area (Å²) in [6, 6.07) is 5.05. The number of aryl methyl sites for hydroxylation is 1. The Balaban J connectivity index is 2.24. The number of benzene rings is 1. The quantitative estimate of drug-likeness (QED) is 0.853. The average Bonchev–Trinajstić information content (AvgIpc) is 2.70. The Hall–Kier alpha value is -1.95. The molecule has 1 heterocycles. The van der Waals surface area contributed by atoms with Crippen LogP contribution in [0.15, 0.2) is 23.7 Å². The Morgan fingerprint density at radius 3 is 2.88 bits per heavy atom. The lowest BCUT2D eigenvalue weighted by atomic mass is 10.1. The zero-order valence-corrected chi connectivity index (χ0v) is 9.28. The van der Waals surface area contributed by atoms with Crippen molar-refractivity contribution in [3.63, 3.8) is 0 Å². The monoisotopic (exact) mass is 235 g/mol. The highest BCUT2D eigenvalue weighted by Gasteiger charge is 2.07. The molecule has 1 aromatic carbocycles. The minimum absolute atomic E-state index is 0.308. The van der Waals surface area contributed by atoms with Gasteiger partial charge in [-0.3, -0.25) is 0 Å². The fourth-order valence-corrected chi connectivity index (χ4v) is 1.80. The molecule has 2 rings (SSSR count). The van der Waals surface area contributed by atoms with E-state index in [4.69, 9.17) is 5.11 Å². The van der Waals surface area contributed by atoms with E-state index in [1.807, 2.05) is 0 Å². The largest absolute Gasteiger partial charge is 0.478 e. The van der Waals surface area contributed by atoms with Crippen molar-refractivity contribution in [2.75, 3.05) is 5.32 Å². The highest BCUT2D eigenvalue weighted by atomic mass is 32.1. The second-order valence-electron chi connectivity index (χ2n) is 3.20. The third kappa shape index (κ3) is 2.17. The molecular weight excluding hydrogens is 226 g/mol. The SMILES string of the molecule is Cc1cc(Nc2nncs2)ccc1C(=O)O. The van der Waals surface area contributed by atoms with Gasteiger partial charge in [-0.25, -0.2) is 4.79 Å². The number of aromatic carboxylic acids is 1. The highest BCUT2D eigenvalue weighted by molar-refractivity contribution is 7.13. The molecule has 0 amide bonds. The van der Waals surface area contributed by atoms with Crippen molar-refractivity contribution in [3.05, 3.63) is 34.8 Å². The van der Waals surface area contributed by atoms with Crippen LogP contribution in [0, 0.1) is 6.92 Å². The first-order valence-electron chi connectivity index (χ1n) is 4.54. The van der Waals surface area contributed by atoms with Crippen LogP contribution in [0.5, 0.6) is 0 Å². The number of hydrogen-bond donors (Lipinski definition) is 2. The maximum Gasteiger partial charge on any atom is 0.335 e. The summed E-state index contributed by atoms with van der Waals surface area (Å²) in [5, 5.41) is 20.1. The summed E-state index contributed by atoms with van der Waals surface area (Å²) in [5.74, 6) is -0.917. The minimum Gasteiger partial charge on any atom is -0.478 e. The smallest absolute Gasteiger partial charge is 0.335 e. The zero-order chi connectivity index (χ0) is 11.5. The molecule has 0 aliphatic carbocycles. The number of carboxylic acid groups (broad SMARTS) is 1. The third-order valence-corrected chi connectivity index (χ3v) is 2.67. The van der Waals surface area contributed by atoms with Crippen LogP contribution < -0.4 is 5.32 Å². The van der Waals surface area contributed by atoms with E-state index in [-0.39, 0.29) is 0 Å². The van der Waals surface area contributed by atoms with E-state index in [0.717, 1.165) is 5.69 Å². The molecule has 1 aromatic heterocycles. The standard InChI is InChI=1S/C10H9N3O2S/c1-6-4-7(2-3-8(6)9(14)15)12-10-13-11-5-16-10/h2-5H,1H3,(H,12,13)(H,14,15). The van der Waals surface area contributed by atoms with E-state index >= 15 is 0 Å². The van der Waals surface area contributed by atoms with Gasteiger partial charge in [0.1, 0.15) is 5.51 Å². The van der Waals surface area contributed by atoms with Gasteiger partial charge in [-0.15, -0.1) is 10.2 Å². The highest BCUT2D eigenvalue weighted by Crippen LogP contribution is 2.20. The Bertz CT molecular complexity index is 511. The molecule has 0 saturated carbocycles. The van der Waals surface area contributed by atoms with E-state index < -0.39 is 5.97 Å². The molecule has 2 N–H and O–H groups in total. The lowest BCUT2D eigenvalue weighted by Gasteiger charge is -2.05. The number of anilines is 2. The summed E-state index contributed by atoms with van der Waals surface area (Å²) < 4.78 is 0. The van der Waals surface area contributed by atoms with E-state index in [9.17, 15) is 4.79 Å². The molecule has 16 heavy (non-hydrogen) atoms. The molecule has 82 valence electrons. The number of carboxylic acids is 1. The van der Waals surface area contributed by atoms with Crippen LogP contribution >= 0.6 is 11.3 Å². The predicted octanol–water partition coefficient (Wildman–Crippen LogP) is 2.29. The number of aromatic nitrogens is 2. The molecule has 0 spiro atoms. The van der Waals surface area contributed by atoms with Gasteiger partial charge < -0.3 is 10.4 Å². The van der Waals surface area contributed by atoms with Crippen molar-refractivity contribution in [1.82, 2.24) is 10.2 Å². The molecule has 0 saturated heterocycles. The predicted molar refractivity (Wildman–Crippen MR) is 61.3 cm³/mol. The minimum atomic E-state index is -0.917. The molecular formula is C10H9N3O2S. The van der Waals surface area contributed by atoms with Gasteiger partial charge in [0.25, 0.3) is 0 Å². The Morgan fingerprint density at radius 1 is 1.50 bits per heavy atom. The Kier molecular flexibility index (Phi) is 2.82. The second kappa shape index (κ2) is 4.28. The molecule has 0 aliphatic rings. The molecule has 0 bridgehead atoms. The van der Waals surface area contributed by atoms with E-state index in [0.29, 0.717) is 16.3 Å². The van der Waals surface area contributed by atoms with Crippen molar-refractivity contribution in [3.8, 4) is 0 Å². The number of carbonyl (C=O) groups is 1. The van der Waals surface area contributed by atoms with E-state index in [2.05, 4.69) is 15.5 Å². The number of nitrogens with one attached hydrogen (secondary N) is 1. The maximum atomic E-state index is 10.8. The summed E-state index contributed by atoms with van der Waals surface area (Å²) in [6.45, 7) is 1.76. The van der Waals surface area contributed by atoms with Crippen molar-refractivity contribution < 1.29 is 9.90 Å². The summed E-state index contributed by atoms with van der Waals surface area (Å²) in [7, 11) is 0. The summed E-state index contributed by atoms with van der Waals surface area (Å²) in [5.41, 5.74) is 3.45. The van der Waals surface area contributed by atoms with Crippen LogP contribution in [0.3, 0.4) is 0 Å². The molecule has 0 aliphatic heterocycles. The Labute approximate surface area is 95.8 Å². The first kappa shape index (κ1) is 10.6. The Morgan fingerprint density at radius 2 is 2.31 bits per heavy atom. The molecule has 0 atom stereocenters. The van der Waals surface area contributed by atoms with Crippen LogP contribution in [-0.2, 0) is 0 Å². The summed E-state index contributed by atoms with van der Waals surface area (Å²) in [4.78, 5) is 10.8. The van der Waals surface area contributed by atoms with Gasteiger partial charge in [0.05, 0.1) is 5.56 Å². The first-order valence-corrected chi connectivity index (χ1v) is 5.42. The fraction of sp³-hybridized carbons (Fsp3) is 0.100. The summed E-state index contributed by atoms with van der Waals surface area (Å²) >= 11 is 1.38. The molecule has 2 aromatic rings. The van der Waals surface area contributed by atoms with Crippen molar-refractivity contribution >= 4 is 28.1 Å². The fourth-order valence-electron chi connectivity index (χ4n) is 1.33. The van der Waals surface area contributed by atoms with Gasteiger partial charge in [0.15, 0.2) is 0 Å². The molecule has 5 nitrogen and oxygen atoms in total. The van der Waals surface area contributed by atoms with Gasteiger partial charge in [-0.2, -0.15) is 0 Å². The van der Waals surface area contributed by atoms with Crippen LogP contribution in [0.25, 0.3) is 0 Å². The van der Waals surface area contributed by atoms with Crippen LogP contribution in [0.1, 0.15) is 15.9 Å². The van der Waals surface area contributed by atoms with E-state index in [1.165, 1.54) is 11.3 Å². The summed E-state index contributed by atoms with van der Waals surface area (Å²) in [6.07, 6.45) is 0. The third-order valence-electron chi connectivity index (χ3n) is 2.07. The van der Waals surface area contributed by atoms with Gasteiger partial charge in [-0.05, 0) is 30.7 Å². The van der Waals surface area contributed by atoms with Gasteiger partial charge in [0.2, 0.25) is 5.13 Å². The number of rotatable bonds is 3. The average molecular weight is 235 g/mol. The van der Waals surface area contributed by atoms with Gasteiger partial charge in [-0.1, -0.05) is 11.3 Å². The van der Waals surface area contributed by atoms with Crippen molar-refractivity contribution in [1.29, 1.82) is 0 Å². The van der Waals surface area contributed by atoms with Crippen molar-refractivity contribution in [2.45, 2.75) is 6.92 Å². The van der Waals surface area contributed by atoms with Crippen LogP contribution in [0.2, 0.25) is 0 Å². The maximum absolute atomic E-state index is 10.8. The first-order chi connectivity index (χ1) is 7.66. The van der Waals surface area contributed by atoms with Crippen LogP contribution in [0.4, 0.5) is 10.8 Å². The van der Waals surface area contributed by atoms with Crippen molar-refractivity contribution in [2.24, 2.45) is 0 Å². The topological polar surface area (TPSA) is 75.1 Å². The van der Waals surface area contributed by atoms with Gasteiger partial charge in [0, 0.05) is 5.69 Å².